The molecule has 0 spiro atoms. The average molecular weight is 292 g/mol. The van der Waals surface area contributed by atoms with E-state index in [0.29, 0.717) is 5.56 Å². The molecule has 0 amide bonds. The van der Waals surface area contributed by atoms with Crippen molar-refractivity contribution in [2.75, 3.05) is 0 Å². The molecule has 0 fully saturated rings. The molecule has 0 saturated heterocycles. The Morgan fingerprint density at radius 2 is 2.14 bits per heavy atom. The van der Waals surface area contributed by atoms with E-state index in [1.54, 1.807) is 0 Å². The molecule has 1 heterocycles. The Morgan fingerprint density at radius 3 is 2.71 bits per heavy atom. The molecule has 1 N–H and O–H groups in total. The van der Waals surface area contributed by atoms with Crippen molar-refractivity contribution < 1.29 is 24.0 Å². The monoisotopic (exact) mass is 292 g/mol. The number of ether oxygens (including phenoxy) is 1. The van der Waals surface area contributed by atoms with E-state index in [4.69, 9.17) is 9.84 Å². The molecule has 8 heteroatoms. The van der Waals surface area contributed by atoms with Gasteiger partial charge in [-0.05, 0) is 30.7 Å². The Hall–Kier alpha value is -3.03. The van der Waals surface area contributed by atoms with Crippen LogP contribution in [0.15, 0.2) is 30.5 Å². The molecular weight excluding hydrogens is 283 g/mol. The lowest BCUT2D eigenvalue weighted by atomic mass is 10.2. The van der Waals surface area contributed by atoms with Gasteiger partial charge in [-0.3, -0.25) is 10.1 Å². The number of nitrogens with zero attached hydrogens (tertiary/aromatic N) is 2. The molecule has 1 aromatic heterocycles. The SMILES string of the molecule is Cc1cc(Oc2ncc(C(=O)O)cc2[N+](=O)[O-])ccc1F. The Labute approximate surface area is 117 Å². The fraction of sp³-hybridized carbons (Fsp3) is 0.0769. The van der Waals surface area contributed by atoms with E-state index < -0.39 is 22.4 Å². The van der Waals surface area contributed by atoms with E-state index in [2.05, 4.69) is 4.98 Å². The lowest BCUT2D eigenvalue weighted by Gasteiger charge is -2.06. The van der Waals surface area contributed by atoms with Crippen LogP contribution in [-0.4, -0.2) is 21.0 Å². The zero-order chi connectivity index (χ0) is 15.6. The normalized spacial score (nSPS) is 10.2. The summed E-state index contributed by atoms with van der Waals surface area (Å²) in [5.74, 6) is -1.98. The highest BCUT2D eigenvalue weighted by Crippen LogP contribution is 2.30. The molecular formula is C13H9FN2O5. The summed E-state index contributed by atoms with van der Waals surface area (Å²) in [6, 6.07) is 4.65. The Morgan fingerprint density at radius 1 is 1.43 bits per heavy atom. The van der Waals surface area contributed by atoms with Crippen LogP contribution in [0.25, 0.3) is 0 Å². The molecule has 2 aromatic rings. The minimum absolute atomic E-state index is 0.160. The molecule has 0 saturated carbocycles. The fourth-order valence-corrected chi connectivity index (χ4v) is 1.56. The molecule has 21 heavy (non-hydrogen) atoms. The van der Waals surface area contributed by atoms with Crippen molar-refractivity contribution >= 4 is 11.7 Å². The highest BCUT2D eigenvalue weighted by Gasteiger charge is 2.21. The Bertz CT molecular complexity index is 732. The summed E-state index contributed by atoms with van der Waals surface area (Å²) in [6.07, 6.45) is 0.945. The lowest BCUT2D eigenvalue weighted by molar-refractivity contribution is -0.386. The molecule has 0 unspecified atom stereocenters. The van der Waals surface area contributed by atoms with E-state index in [1.807, 2.05) is 0 Å². The predicted octanol–water partition coefficient (Wildman–Crippen LogP) is 2.93. The van der Waals surface area contributed by atoms with Gasteiger partial charge in [0.15, 0.2) is 0 Å². The van der Waals surface area contributed by atoms with Gasteiger partial charge in [-0.2, -0.15) is 0 Å². The first-order chi connectivity index (χ1) is 9.88. The van der Waals surface area contributed by atoms with Gasteiger partial charge in [0.05, 0.1) is 10.5 Å². The zero-order valence-corrected chi connectivity index (χ0v) is 10.7. The molecule has 108 valence electrons. The number of aromatic carboxylic acids is 1. The number of halogens is 1. The van der Waals surface area contributed by atoms with Crippen molar-refractivity contribution in [2.24, 2.45) is 0 Å². The molecule has 0 aliphatic rings. The summed E-state index contributed by atoms with van der Waals surface area (Å²) >= 11 is 0. The van der Waals surface area contributed by atoms with Crippen LogP contribution < -0.4 is 4.74 Å². The van der Waals surface area contributed by atoms with E-state index in [9.17, 15) is 19.3 Å². The van der Waals surface area contributed by atoms with Crippen LogP contribution >= 0.6 is 0 Å². The summed E-state index contributed by atoms with van der Waals surface area (Å²) in [4.78, 5) is 24.6. The average Bonchev–Trinajstić information content (AvgIpc) is 2.43. The van der Waals surface area contributed by atoms with Gasteiger partial charge in [-0.1, -0.05) is 0 Å². The number of aromatic nitrogens is 1. The van der Waals surface area contributed by atoms with Gasteiger partial charge < -0.3 is 9.84 Å². The summed E-state index contributed by atoms with van der Waals surface area (Å²) < 4.78 is 18.4. The molecule has 2 rings (SSSR count). The van der Waals surface area contributed by atoms with Gasteiger partial charge >= 0.3 is 11.7 Å². The molecule has 0 bridgehead atoms. The maximum Gasteiger partial charge on any atom is 0.337 e. The zero-order valence-electron chi connectivity index (χ0n) is 10.7. The quantitative estimate of drug-likeness (QED) is 0.686. The second kappa shape index (κ2) is 5.53. The summed E-state index contributed by atoms with van der Waals surface area (Å²) in [5.41, 5.74) is -0.612. The second-order valence-electron chi connectivity index (χ2n) is 4.12. The number of carboxylic acids is 1. The van der Waals surface area contributed by atoms with Crippen LogP contribution in [0.4, 0.5) is 10.1 Å². The number of carboxylic acid groups (broad SMARTS) is 1. The molecule has 0 aliphatic carbocycles. The van der Waals surface area contributed by atoms with Crippen LogP contribution in [0.5, 0.6) is 11.6 Å². The van der Waals surface area contributed by atoms with Gasteiger partial charge in [0, 0.05) is 12.3 Å². The van der Waals surface area contributed by atoms with Gasteiger partial charge in [-0.25, -0.2) is 14.2 Å². The number of benzene rings is 1. The Balaban J connectivity index is 2.41. The number of hydrogen-bond acceptors (Lipinski definition) is 5. The summed E-state index contributed by atoms with van der Waals surface area (Å²) in [5, 5.41) is 19.7. The third-order valence-electron chi connectivity index (χ3n) is 2.62. The van der Waals surface area contributed by atoms with Crippen molar-refractivity contribution in [1.29, 1.82) is 0 Å². The first-order valence-electron chi connectivity index (χ1n) is 5.70. The third kappa shape index (κ3) is 3.11. The first-order valence-corrected chi connectivity index (χ1v) is 5.70. The van der Waals surface area contributed by atoms with Crippen LogP contribution in [0, 0.1) is 22.9 Å². The predicted molar refractivity (Wildman–Crippen MR) is 69.1 cm³/mol. The maximum absolute atomic E-state index is 13.1. The van der Waals surface area contributed by atoms with Crippen molar-refractivity contribution in [1.82, 2.24) is 4.98 Å². The van der Waals surface area contributed by atoms with Crippen LogP contribution in [0.3, 0.4) is 0 Å². The number of rotatable bonds is 4. The van der Waals surface area contributed by atoms with E-state index in [-0.39, 0.29) is 17.2 Å². The van der Waals surface area contributed by atoms with Crippen LogP contribution in [-0.2, 0) is 0 Å². The van der Waals surface area contributed by atoms with Crippen molar-refractivity contribution in [3.8, 4) is 11.6 Å². The van der Waals surface area contributed by atoms with Gasteiger partial charge in [0.1, 0.15) is 11.6 Å². The fourth-order valence-electron chi connectivity index (χ4n) is 1.56. The highest BCUT2D eigenvalue weighted by atomic mass is 19.1. The smallest absolute Gasteiger partial charge is 0.337 e. The molecule has 0 atom stereocenters. The minimum atomic E-state index is -1.34. The highest BCUT2D eigenvalue weighted by molar-refractivity contribution is 5.88. The standard InChI is InChI=1S/C13H9FN2O5/c1-7-4-9(2-3-10(7)14)21-12-11(16(19)20)5-8(6-15-12)13(17)18/h2-6H,1H3,(H,17,18). The van der Waals surface area contributed by atoms with Crippen LogP contribution in [0.2, 0.25) is 0 Å². The number of carbonyl (C=O) groups is 1. The maximum atomic E-state index is 13.1. The van der Waals surface area contributed by atoms with Gasteiger partial charge in [0.25, 0.3) is 5.88 Å². The second-order valence-corrected chi connectivity index (χ2v) is 4.12. The number of nitro groups is 1. The summed E-state index contributed by atoms with van der Waals surface area (Å²) in [7, 11) is 0. The molecule has 0 aliphatic heterocycles. The van der Waals surface area contributed by atoms with E-state index in [1.165, 1.54) is 19.1 Å². The van der Waals surface area contributed by atoms with Crippen molar-refractivity contribution in [3.63, 3.8) is 0 Å². The number of aryl methyl sites for hydroxylation is 1. The molecule has 0 radical (unpaired) electrons. The summed E-state index contributed by atoms with van der Waals surface area (Å²) in [6.45, 7) is 1.51. The largest absolute Gasteiger partial charge is 0.478 e. The number of hydrogen-bond donors (Lipinski definition) is 1. The molecule has 1 aromatic carbocycles. The van der Waals surface area contributed by atoms with Gasteiger partial charge in [-0.15, -0.1) is 0 Å². The molecule has 7 nitrogen and oxygen atoms in total. The third-order valence-corrected chi connectivity index (χ3v) is 2.62. The van der Waals surface area contributed by atoms with Crippen molar-refractivity contribution in [3.05, 3.63) is 57.5 Å². The van der Waals surface area contributed by atoms with E-state index >= 15 is 0 Å². The number of pyridine rings is 1. The first kappa shape index (κ1) is 14.4. The van der Waals surface area contributed by atoms with Gasteiger partial charge in [0.2, 0.25) is 0 Å². The minimum Gasteiger partial charge on any atom is -0.478 e. The van der Waals surface area contributed by atoms with Crippen LogP contribution in [0.1, 0.15) is 15.9 Å². The topological polar surface area (TPSA) is 103 Å². The van der Waals surface area contributed by atoms with E-state index in [0.717, 1.165) is 18.3 Å². The lowest BCUT2D eigenvalue weighted by Crippen LogP contribution is -2.02. The van der Waals surface area contributed by atoms with Crippen molar-refractivity contribution in [2.45, 2.75) is 6.92 Å². The Kier molecular flexibility index (Phi) is 3.79.